The van der Waals surface area contributed by atoms with E-state index in [2.05, 4.69) is 59.3 Å². The number of nitrogens with zero attached hydrogens (tertiary/aromatic N) is 2. The number of para-hydroxylation sites is 1. The molecule has 0 bridgehead atoms. The van der Waals surface area contributed by atoms with E-state index in [0.717, 1.165) is 5.82 Å². The maximum atomic E-state index is 4.80. The van der Waals surface area contributed by atoms with Crippen LogP contribution in [-0.2, 0) is 0 Å². The molecule has 0 unspecified atom stereocenters. The molecule has 2 aromatic carbocycles. The molecule has 0 atom stereocenters. The molecule has 0 aliphatic heterocycles. The molecule has 5 rings (SSSR count). The fraction of sp³-hybridized carbons (Fsp3) is 0.444. The number of benzene rings is 2. The van der Waals surface area contributed by atoms with Crippen LogP contribution in [0.15, 0.2) is 60.9 Å². The Balaban J connectivity index is 1.67. The highest BCUT2D eigenvalue weighted by atomic mass is 15.1. The average molecular weight is 385 g/mol. The van der Waals surface area contributed by atoms with Crippen molar-refractivity contribution in [2.24, 2.45) is 0 Å². The summed E-state index contributed by atoms with van der Waals surface area (Å²) >= 11 is 0. The van der Waals surface area contributed by atoms with Gasteiger partial charge in [0.25, 0.3) is 0 Å². The summed E-state index contributed by atoms with van der Waals surface area (Å²) in [6.45, 7) is 0. The lowest BCUT2D eigenvalue weighted by Crippen LogP contribution is -2.14. The highest BCUT2D eigenvalue weighted by Crippen LogP contribution is 2.42. The van der Waals surface area contributed by atoms with Crippen LogP contribution >= 0.6 is 0 Å². The van der Waals surface area contributed by atoms with Gasteiger partial charge in [-0.2, -0.15) is 0 Å². The molecule has 0 saturated heterocycles. The molecule has 2 fully saturated rings. The smallest absolute Gasteiger partial charge is 0.144 e. The number of rotatable bonds is 4. The topological polar surface area (TPSA) is 17.8 Å². The average Bonchev–Trinajstić information content (AvgIpc) is 3.30. The van der Waals surface area contributed by atoms with Crippen LogP contribution in [0.3, 0.4) is 0 Å². The summed E-state index contributed by atoms with van der Waals surface area (Å²) in [6.07, 6.45) is 17.8. The van der Waals surface area contributed by atoms with Crippen LogP contribution < -0.4 is 0 Å². The monoisotopic (exact) mass is 384 g/mol. The van der Waals surface area contributed by atoms with Crippen LogP contribution in [0, 0.1) is 0 Å². The van der Waals surface area contributed by atoms with Crippen molar-refractivity contribution >= 4 is 0 Å². The summed E-state index contributed by atoms with van der Waals surface area (Å²) in [5.74, 6) is 2.45. The number of hydrogen-bond acceptors (Lipinski definition) is 1. The van der Waals surface area contributed by atoms with Crippen molar-refractivity contribution in [2.75, 3.05) is 0 Å². The van der Waals surface area contributed by atoms with Crippen molar-refractivity contribution in [1.29, 1.82) is 0 Å². The van der Waals surface area contributed by atoms with Crippen molar-refractivity contribution in [3.05, 3.63) is 72.1 Å². The minimum Gasteiger partial charge on any atom is -0.299 e. The minimum absolute atomic E-state index is 0.688. The van der Waals surface area contributed by atoms with Gasteiger partial charge in [-0.25, -0.2) is 4.98 Å². The van der Waals surface area contributed by atoms with Gasteiger partial charge in [0.1, 0.15) is 5.82 Å². The maximum Gasteiger partial charge on any atom is 0.144 e. The zero-order valence-corrected chi connectivity index (χ0v) is 17.4. The molecular formula is C27H32N2. The first kappa shape index (κ1) is 18.7. The van der Waals surface area contributed by atoms with E-state index in [0.29, 0.717) is 11.8 Å². The molecule has 0 amide bonds. The molecule has 2 aliphatic carbocycles. The van der Waals surface area contributed by atoms with Gasteiger partial charge in [0.05, 0.1) is 5.69 Å². The number of hydrogen-bond donors (Lipinski definition) is 0. The fourth-order valence-corrected chi connectivity index (χ4v) is 5.63. The standard InChI is InChI=1S/C27H32N2/c1-4-11-21(12-5-1)24-17-10-18-25(22-13-6-2-7-14-22)26(24)29-20-19-28-27(29)23-15-8-3-9-16-23/h3,8-10,15-22H,1-2,4-7,11-14H2. The van der Waals surface area contributed by atoms with Gasteiger partial charge >= 0.3 is 0 Å². The van der Waals surface area contributed by atoms with Crippen LogP contribution in [0.25, 0.3) is 17.1 Å². The van der Waals surface area contributed by atoms with E-state index in [4.69, 9.17) is 4.98 Å². The molecule has 2 aliphatic rings. The molecule has 150 valence electrons. The molecular weight excluding hydrogens is 352 g/mol. The third kappa shape index (κ3) is 3.77. The van der Waals surface area contributed by atoms with E-state index < -0.39 is 0 Å². The zero-order chi connectivity index (χ0) is 19.5. The molecule has 3 aromatic rings. The van der Waals surface area contributed by atoms with Crippen molar-refractivity contribution in [3.8, 4) is 17.1 Å². The van der Waals surface area contributed by atoms with Crippen LogP contribution in [0.5, 0.6) is 0 Å². The van der Waals surface area contributed by atoms with Gasteiger partial charge in [-0.05, 0) is 48.6 Å². The second-order valence-electron chi connectivity index (χ2n) is 8.94. The van der Waals surface area contributed by atoms with Gasteiger partial charge in [0, 0.05) is 18.0 Å². The van der Waals surface area contributed by atoms with E-state index in [9.17, 15) is 0 Å². The first-order valence-corrected chi connectivity index (χ1v) is 11.6. The molecule has 0 spiro atoms. The van der Waals surface area contributed by atoms with Crippen LogP contribution in [0.1, 0.15) is 87.2 Å². The van der Waals surface area contributed by atoms with Gasteiger partial charge in [0.2, 0.25) is 0 Å². The summed E-state index contributed by atoms with van der Waals surface area (Å²) in [5, 5.41) is 0. The lowest BCUT2D eigenvalue weighted by Gasteiger charge is -2.30. The Bertz CT molecular complexity index is 892. The van der Waals surface area contributed by atoms with Gasteiger partial charge < -0.3 is 0 Å². The summed E-state index contributed by atoms with van der Waals surface area (Å²) in [7, 11) is 0. The minimum atomic E-state index is 0.688. The van der Waals surface area contributed by atoms with Gasteiger partial charge in [-0.15, -0.1) is 0 Å². The van der Waals surface area contributed by atoms with Crippen LogP contribution in [-0.4, -0.2) is 9.55 Å². The Morgan fingerprint density at radius 3 is 1.83 bits per heavy atom. The van der Waals surface area contributed by atoms with Crippen LogP contribution in [0.2, 0.25) is 0 Å². The quantitative estimate of drug-likeness (QED) is 0.452. The fourth-order valence-electron chi connectivity index (χ4n) is 5.63. The van der Waals surface area contributed by atoms with E-state index in [1.54, 1.807) is 11.1 Å². The molecule has 2 nitrogen and oxygen atoms in total. The highest BCUT2D eigenvalue weighted by molar-refractivity contribution is 5.62. The summed E-state index contributed by atoms with van der Waals surface area (Å²) in [4.78, 5) is 4.80. The second kappa shape index (κ2) is 8.57. The second-order valence-corrected chi connectivity index (χ2v) is 8.94. The predicted molar refractivity (Wildman–Crippen MR) is 121 cm³/mol. The Labute approximate surface area is 175 Å². The van der Waals surface area contributed by atoms with E-state index in [1.807, 2.05) is 6.20 Å². The van der Waals surface area contributed by atoms with Crippen molar-refractivity contribution < 1.29 is 0 Å². The van der Waals surface area contributed by atoms with E-state index in [1.165, 1.54) is 75.5 Å². The SMILES string of the molecule is c1ccc(-c2nccn2-c2c(C3CCCCC3)cccc2C2CCCCC2)cc1. The van der Waals surface area contributed by atoms with Gasteiger partial charge in [-0.3, -0.25) is 4.57 Å². The third-order valence-corrected chi connectivity index (χ3v) is 7.10. The number of aromatic nitrogens is 2. The summed E-state index contributed by atoms with van der Waals surface area (Å²) < 4.78 is 2.41. The Morgan fingerprint density at radius 1 is 0.655 bits per heavy atom. The number of imidazole rings is 1. The first-order chi connectivity index (χ1) is 14.4. The first-order valence-electron chi connectivity index (χ1n) is 11.6. The molecule has 0 N–H and O–H groups in total. The van der Waals surface area contributed by atoms with Crippen molar-refractivity contribution in [2.45, 2.75) is 76.0 Å². The van der Waals surface area contributed by atoms with Gasteiger partial charge in [-0.1, -0.05) is 87.1 Å². The molecule has 2 heteroatoms. The predicted octanol–water partition coefficient (Wildman–Crippen LogP) is 7.63. The van der Waals surface area contributed by atoms with Gasteiger partial charge in [0.15, 0.2) is 0 Å². The van der Waals surface area contributed by atoms with Crippen molar-refractivity contribution in [3.63, 3.8) is 0 Å². The Kier molecular flexibility index (Phi) is 5.51. The Hall–Kier alpha value is -2.35. The molecule has 1 aromatic heterocycles. The molecule has 29 heavy (non-hydrogen) atoms. The van der Waals surface area contributed by atoms with E-state index in [-0.39, 0.29) is 0 Å². The maximum absolute atomic E-state index is 4.80. The highest BCUT2D eigenvalue weighted by Gasteiger charge is 2.26. The normalized spacial score (nSPS) is 18.8. The van der Waals surface area contributed by atoms with Crippen LogP contribution in [0.4, 0.5) is 0 Å². The Morgan fingerprint density at radius 2 is 1.24 bits per heavy atom. The molecule has 1 heterocycles. The molecule has 0 radical (unpaired) electrons. The van der Waals surface area contributed by atoms with E-state index >= 15 is 0 Å². The molecule has 2 saturated carbocycles. The summed E-state index contributed by atoms with van der Waals surface area (Å²) in [5.41, 5.74) is 5.76. The summed E-state index contributed by atoms with van der Waals surface area (Å²) in [6, 6.07) is 17.8. The zero-order valence-electron chi connectivity index (χ0n) is 17.4. The van der Waals surface area contributed by atoms with Crippen molar-refractivity contribution in [1.82, 2.24) is 9.55 Å². The largest absolute Gasteiger partial charge is 0.299 e. The lowest BCUT2D eigenvalue weighted by molar-refractivity contribution is 0.434. The third-order valence-electron chi connectivity index (χ3n) is 7.10. The lowest BCUT2D eigenvalue weighted by atomic mass is 9.78.